The fraction of sp³-hybridized carbons (Fsp3) is 0.941. The predicted molar refractivity (Wildman–Crippen MR) is 83.6 cm³/mol. The van der Waals surface area contributed by atoms with E-state index in [2.05, 4.69) is 31.0 Å². The Labute approximate surface area is 124 Å². The molecule has 3 nitrogen and oxygen atoms in total. The van der Waals surface area contributed by atoms with Gasteiger partial charge in [-0.3, -0.25) is 4.79 Å². The molecule has 1 amide bonds. The van der Waals surface area contributed by atoms with Crippen LogP contribution in [0, 0.1) is 11.8 Å². The van der Waals surface area contributed by atoms with Crippen molar-refractivity contribution >= 4 is 5.91 Å². The number of hydrogen-bond acceptors (Lipinski definition) is 2. The minimum absolute atomic E-state index is 0.0163. The Kier molecular flexibility index (Phi) is 5.88. The number of piperidine rings is 1. The minimum atomic E-state index is -0.0163. The first kappa shape index (κ1) is 15.8. The molecule has 1 saturated heterocycles. The summed E-state index contributed by atoms with van der Waals surface area (Å²) in [7, 11) is 0. The number of carbonyl (C=O) groups is 1. The van der Waals surface area contributed by atoms with Crippen LogP contribution in [0.2, 0.25) is 0 Å². The first-order valence-corrected chi connectivity index (χ1v) is 8.64. The fourth-order valence-corrected chi connectivity index (χ4v) is 3.94. The third kappa shape index (κ3) is 3.97. The molecule has 0 aromatic carbocycles. The summed E-state index contributed by atoms with van der Waals surface area (Å²) in [6, 6.07) is 0.518. The maximum absolute atomic E-state index is 12.5. The minimum Gasteiger partial charge on any atom is -0.341 e. The molecule has 3 heteroatoms. The molecule has 3 unspecified atom stereocenters. The van der Waals surface area contributed by atoms with Crippen molar-refractivity contribution in [2.45, 2.75) is 77.8 Å². The second-order valence-electron chi connectivity index (χ2n) is 7.07. The highest BCUT2D eigenvalue weighted by Gasteiger charge is 2.31. The lowest BCUT2D eigenvalue weighted by Gasteiger charge is -2.38. The van der Waals surface area contributed by atoms with Gasteiger partial charge in [0, 0.05) is 19.1 Å². The first-order chi connectivity index (χ1) is 9.59. The number of likely N-dealkylation sites (tertiary alicyclic amines) is 1. The zero-order valence-electron chi connectivity index (χ0n) is 13.5. The molecule has 1 heterocycles. The molecule has 2 aliphatic rings. The van der Waals surface area contributed by atoms with Crippen molar-refractivity contribution in [3.05, 3.63) is 0 Å². The summed E-state index contributed by atoms with van der Waals surface area (Å²) in [5.41, 5.74) is 0. The average molecular weight is 280 g/mol. The SMILES string of the molecule is CC(NC1CCCCC1C(C)C)C(=O)N1CCCCC1. The molecule has 2 fully saturated rings. The smallest absolute Gasteiger partial charge is 0.239 e. The number of nitrogens with zero attached hydrogens (tertiary/aromatic N) is 1. The van der Waals surface area contributed by atoms with Gasteiger partial charge in [-0.15, -0.1) is 0 Å². The van der Waals surface area contributed by atoms with Gasteiger partial charge >= 0.3 is 0 Å². The van der Waals surface area contributed by atoms with E-state index in [1.165, 1.54) is 44.9 Å². The van der Waals surface area contributed by atoms with Crippen LogP contribution in [0.15, 0.2) is 0 Å². The third-order valence-electron chi connectivity index (χ3n) is 5.18. The van der Waals surface area contributed by atoms with Crippen LogP contribution in [-0.4, -0.2) is 36.0 Å². The van der Waals surface area contributed by atoms with E-state index in [4.69, 9.17) is 0 Å². The summed E-state index contributed by atoms with van der Waals surface area (Å²) in [5, 5.41) is 3.66. The van der Waals surface area contributed by atoms with Gasteiger partial charge < -0.3 is 10.2 Å². The molecule has 0 aromatic heterocycles. The van der Waals surface area contributed by atoms with E-state index >= 15 is 0 Å². The molecule has 0 spiro atoms. The normalized spacial score (nSPS) is 29.5. The van der Waals surface area contributed by atoms with Crippen LogP contribution in [0.4, 0.5) is 0 Å². The van der Waals surface area contributed by atoms with Crippen molar-refractivity contribution < 1.29 is 4.79 Å². The zero-order valence-corrected chi connectivity index (χ0v) is 13.5. The maximum atomic E-state index is 12.5. The average Bonchev–Trinajstić information content (AvgIpc) is 2.47. The predicted octanol–water partition coefficient (Wildman–Crippen LogP) is 3.19. The summed E-state index contributed by atoms with van der Waals surface area (Å²) in [5.74, 6) is 1.77. The molecule has 0 bridgehead atoms. The number of carbonyl (C=O) groups excluding carboxylic acids is 1. The van der Waals surface area contributed by atoms with Gasteiger partial charge in [0.05, 0.1) is 6.04 Å². The Hall–Kier alpha value is -0.570. The number of rotatable bonds is 4. The van der Waals surface area contributed by atoms with Gasteiger partial charge in [0.15, 0.2) is 0 Å². The second kappa shape index (κ2) is 7.44. The summed E-state index contributed by atoms with van der Waals surface area (Å²) >= 11 is 0. The summed E-state index contributed by atoms with van der Waals surface area (Å²) in [6.07, 6.45) is 8.86. The van der Waals surface area contributed by atoms with Gasteiger partial charge in [-0.05, 0) is 50.9 Å². The van der Waals surface area contributed by atoms with Gasteiger partial charge in [-0.1, -0.05) is 26.7 Å². The standard InChI is InChI=1S/C17H32N2O/c1-13(2)15-9-5-6-10-16(15)18-14(3)17(20)19-11-7-4-8-12-19/h13-16,18H,4-12H2,1-3H3. The van der Waals surface area contributed by atoms with Gasteiger partial charge in [0.25, 0.3) is 0 Å². The van der Waals surface area contributed by atoms with Crippen molar-refractivity contribution in [2.75, 3.05) is 13.1 Å². The highest BCUT2D eigenvalue weighted by molar-refractivity contribution is 5.81. The number of hydrogen-bond donors (Lipinski definition) is 1. The lowest BCUT2D eigenvalue weighted by atomic mass is 9.77. The Morgan fingerprint density at radius 1 is 1.00 bits per heavy atom. The largest absolute Gasteiger partial charge is 0.341 e. The zero-order chi connectivity index (χ0) is 14.5. The van der Waals surface area contributed by atoms with E-state index in [0.717, 1.165) is 19.0 Å². The third-order valence-corrected chi connectivity index (χ3v) is 5.18. The topological polar surface area (TPSA) is 32.3 Å². The highest BCUT2D eigenvalue weighted by Crippen LogP contribution is 2.30. The number of amides is 1. The summed E-state index contributed by atoms with van der Waals surface area (Å²) in [4.78, 5) is 14.6. The molecular formula is C17H32N2O. The van der Waals surface area contributed by atoms with Crippen molar-refractivity contribution in [3.8, 4) is 0 Å². The van der Waals surface area contributed by atoms with E-state index in [-0.39, 0.29) is 6.04 Å². The molecule has 3 atom stereocenters. The van der Waals surface area contributed by atoms with E-state index in [1.54, 1.807) is 0 Å². The van der Waals surface area contributed by atoms with Gasteiger partial charge in [-0.2, -0.15) is 0 Å². The van der Waals surface area contributed by atoms with Crippen molar-refractivity contribution in [2.24, 2.45) is 11.8 Å². The van der Waals surface area contributed by atoms with Crippen LogP contribution < -0.4 is 5.32 Å². The fourth-order valence-electron chi connectivity index (χ4n) is 3.94. The molecule has 116 valence electrons. The maximum Gasteiger partial charge on any atom is 0.239 e. The Bertz CT molecular complexity index is 310. The first-order valence-electron chi connectivity index (χ1n) is 8.64. The van der Waals surface area contributed by atoms with Gasteiger partial charge in [0.1, 0.15) is 0 Å². The van der Waals surface area contributed by atoms with E-state index in [0.29, 0.717) is 17.9 Å². The van der Waals surface area contributed by atoms with Crippen LogP contribution >= 0.6 is 0 Å². The van der Waals surface area contributed by atoms with Gasteiger partial charge in [0.2, 0.25) is 5.91 Å². The molecule has 2 rings (SSSR count). The molecule has 1 saturated carbocycles. The Morgan fingerprint density at radius 2 is 1.65 bits per heavy atom. The Morgan fingerprint density at radius 3 is 2.30 bits per heavy atom. The van der Waals surface area contributed by atoms with Crippen LogP contribution in [0.3, 0.4) is 0 Å². The molecular weight excluding hydrogens is 248 g/mol. The molecule has 0 aromatic rings. The van der Waals surface area contributed by atoms with Crippen molar-refractivity contribution in [1.29, 1.82) is 0 Å². The highest BCUT2D eigenvalue weighted by atomic mass is 16.2. The lowest BCUT2D eigenvalue weighted by Crippen LogP contribution is -2.52. The molecule has 0 radical (unpaired) electrons. The van der Waals surface area contributed by atoms with Crippen molar-refractivity contribution in [3.63, 3.8) is 0 Å². The second-order valence-corrected chi connectivity index (χ2v) is 7.07. The lowest BCUT2D eigenvalue weighted by molar-refractivity contribution is -0.134. The van der Waals surface area contributed by atoms with E-state index < -0.39 is 0 Å². The monoisotopic (exact) mass is 280 g/mol. The Balaban J connectivity index is 1.88. The molecule has 20 heavy (non-hydrogen) atoms. The molecule has 1 N–H and O–H groups in total. The quantitative estimate of drug-likeness (QED) is 0.857. The van der Waals surface area contributed by atoms with Crippen LogP contribution in [-0.2, 0) is 4.79 Å². The molecule has 1 aliphatic carbocycles. The van der Waals surface area contributed by atoms with E-state index in [1.807, 2.05) is 0 Å². The van der Waals surface area contributed by atoms with Crippen LogP contribution in [0.1, 0.15) is 65.7 Å². The van der Waals surface area contributed by atoms with Crippen LogP contribution in [0.5, 0.6) is 0 Å². The van der Waals surface area contributed by atoms with E-state index in [9.17, 15) is 4.79 Å². The molecule has 1 aliphatic heterocycles. The van der Waals surface area contributed by atoms with Crippen molar-refractivity contribution in [1.82, 2.24) is 10.2 Å². The summed E-state index contributed by atoms with van der Waals surface area (Å²) < 4.78 is 0. The summed E-state index contributed by atoms with van der Waals surface area (Å²) in [6.45, 7) is 8.62. The number of nitrogens with one attached hydrogen (secondary N) is 1. The van der Waals surface area contributed by atoms with Crippen LogP contribution in [0.25, 0.3) is 0 Å². The van der Waals surface area contributed by atoms with Gasteiger partial charge in [-0.25, -0.2) is 0 Å².